The Kier molecular flexibility index (Phi) is 4.91. The third kappa shape index (κ3) is 3.30. The van der Waals surface area contributed by atoms with E-state index in [9.17, 15) is 8.42 Å². The molecular weight excluding hydrogens is 376 g/mol. The fourth-order valence-electron chi connectivity index (χ4n) is 3.96. The average molecular weight is 405 g/mol. The van der Waals surface area contributed by atoms with Crippen LogP contribution in [-0.4, -0.2) is 58.7 Å². The van der Waals surface area contributed by atoms with Crippen molar-refractivity contribution in [2.45, 2.75) is 56.5 Å². The highest BCUT2D eigenvalue weighted by Gasteiger charge is 2.38. The lowest BCUT2D eigenvalue weighted by atomic mass is 9.96. The Balaban J connectivity index is 1.46. The molecule has 0 atom stereocenters. The number of aromatic nitrogens is 4. The Labute approximate surface area is 166 Å². The van der Waals surface area contributed by atoms with E-state index >= 15 is 0 Å². The van der Waals surface area contributed by atoms with Crippen LogP contribution in [0.3, 0.4) is 0 Å². The van der Waals surface area contributed by atoms with Crippen molar-refractivity contribution in [2.24, 2.45) is 7.05 Å². The standard InChI is InChI=1S/C19H28N6O2S/c1-13(2)19-20-18(12-23(19)3)28(26,27)24(4)15-10-25(11-15)17-9-14-7-5-6-8-16(14)21-22-17/h9,12-13,15H,5-8,10-11H2,1-4H3. The Morgan fingerprint density at radius 3 is 2.57 bits per heavy atom. The number of anilines is 1. The van der Waals surface area contributed by atoms with Gasteiger partial charge in [0, 0.05) is 39.3 Å². The molecule has 0 radical (unpaired) electrons. The molecule has 2 aromatic rings. The largest absolute Gasteiger partial charge is 0.352 e. The molecule has 4 rings (SSSR count). The summed E-state index contributed by atoms with van der Waals surface area (Å²) in [6.07, 6.45) is 6.05. The van der Waals surface area contributed by atoms with E-state index in [1.54, 1.807) is 17.8 Å². The summed E-state index contributed by atoms with van der Waals surface area (Å²) in [7, 11) is -0.143. The summed E-state index contributed by atoms with van der Waals surface area (Å²) in [6.45, 7) is 5.25. The van der Waals surface area contributed by atoms with Gasteiger partial charge in [0.25, 0.3) is 10.0 Å². The van der Waals surface area contributed by atoms with Gasteiger partial charge in [0.1, 0.15) is 5.82 Å². The van der Waals surface area contributed by atoms with Gasteiger partial charge in [0.05, 0.1) is 11.7 Å². The lowest BCUT2D eigenvalue weighted by Gasteiger charge is -2.43. The Morgan fingerprint density at radius 2 is 1.89 bits per heavy atom. The first-order chi connectivity index (χ1) is 13.3. The van der Waals surface area contributed by atoms with E-state index in [0.29, 0.717) is 13.1 Å². The average Bonchev–Trinajstić information content (AvgIpc) is 3.03. The molecule has 0 unspecified atom stereocenters. The van der Waals surface area contributed by atoms with Gasteiger partial charge in [-0.1, -0.05) is 13.8 Å². The summed E-state index contributed by atoms with van der Waals surface area (Å²) in [5.74, 6) is 1.79. The minimum Gasteiger partial charge on any atom is -0.352 e. The van der Waals surface area contributed by atoms with Crippen LogP contribution in [0, 0.1) is 0 Å². The summed E-state index contributed by atoms with van der Waals surface area (Å²) in [5.41, 5.74) is 2.40. The first-order valence-electron chi connectivity index (χ1n) is 9.89. The number of rotatable bonds is 5. The fourth-order valence-corrected chi connectivity index (χ4v) is 5.28. The van der Waals surface area contributed by atoms with Crippen LogP contribution >= 0.6 is 0 Å². The summed E-state index contributed by atoms with van der Waals surface area (Å²) >= 11 is 0. The molecule has 3 heterocycles. The summed E-state index contributed by atoms with van der Waals surface area (Å²) in [5, 5.41) is 8.85. The van der Waals surface area contributed by atoms with E-state index in [4.69, 9.17) is 0 Å². The van der Waals surface area contributed by atoms with Crippen molar-refractivity contribution in [1.82, 2.24) is 24.1 Å². The molecule has 0 bridgehead atoms. The predicted octanol–water partition coefficient (Wildman–Crippen LogP) is 1.72. The van der Waals surface area contributed by atoms with Gasteiger partial charge in [0.2, 0.25) is 0 Å². The van der Waals surface area contributed by atoms with Crippen LogP contribution < -0.4 is 4.90 Å². The van der Waals surface area contributed by atoms with Crippen molar-refractivity contribution < 1.29 is 8.42 Å². The van der Waals surface area contributed by atoms with Crippen LogP contribution in [0.15, 0.2) is 17.3 Å². The minimum absolute atomic E-state index is 0.0904. The van der Waals surface area contributed by atoms with Crippen LogP contribution in [-0.2, 0) is 29.9 Å². The van der Waals surface area contributed by atoms with E-state index in [2.05, 4.69) is 26.1 Å². The number of hydrogen-bond donors (Lipinski definition) is 0. The number of fused-ring (bicyclic) bond motifs is 1. The molecular formula is C19H28N6O2S. The molecule has 1 aliphatic carbocycles. The van der Waals surface area contributed by atoms with Crippen molar-refractivity contribution in [3.8, 4) is 0 Å². The minimum atomic E-state index is -3.62. The monoisotopic (exact) mass is 404 g/mol. The molecule has 0 aromatic carbocycles. The van der Waals surface area contributed by atoms with Gasteiger partial charge in [-0.15, -0.1) is 5.10 Å². The van der Waals surface area contributed by atoms with Crippen LogP contribution in [0.2, 0.25) is 0 Å². The van der Waals surface area contributed by atoms with Crippen LogP contribution in [0.5, 0.6) is 0 Å². The van der Waals surface area contributed by atoms with E-state index < -0.39 is 10.0 Å². The number of sulfonamides is 1. The second-order valence-corrected chi connectivity index (χ2v) is 10.1. The number of aryl methyl sites for hydroxylation is 3. The Morgan fingerprint density at radius 1 is 1.18 bits per heavy atom. The second kappa shape index (κ2) is 7.11. The predicted molar refractivity (Wildman–Crippen MR) is 107 cm³/mol. The second-order valence-electron chi connectivity index (χ2n) is 8.16. The first kappa shape index (κ1) is 19.3. The molecule has 0 saturated carbocycles. The van der Waals surface area contributed by atoms with E-state index in [1.807, 2.05) is 20.9 Å². The number of nitrogens with zero attached hydrogens (tertiary/aromatic N) is 6. The molecule has 8 nitrogen and oxygen atoms in total. The highest BCUT2D eigenvalue weighted by atomic mass is 32.2. The van der Waals surface area contributed by atoms with Gasteiger partial charge < -0.3 is 9.47 Å². The summed E-state index contributed by atoms with van der Waals surface area (Å²) in [6, 6.07) is 2.03. The van der Waals surface area contributed by atoms with Gasteiger partial charge >= 0.3 is 0 Å². The van der Waals surface area contributed by atoms with Crippen molar-refractivity contribution in [3.05, 3.63) is 29.3 Å². The molecule has 2 aliphatic rings. The maximum Gasteiger partial charge on any atom is 0.262 e. The molecule has 28 heavy (non-hydrogen) atoms. The number of hydrogen-bond acceptors (Lipinski definition) is 6. The van der Waals surface area contributed by atoms with Crippen molar-refractivity contribution in [3.63, 3.8) is 0 Å². The van der Waals surface area contributed by atoms with Crippen LogP contribution in [0.4, 0.5) is 5.82 Å². The maximum atomic E-state index is 13.0. The van der Waals surface area contributed by atoms with Crippen molar-refractivity contribution >= 4 is 15.8 Å². The Bertz CT molecular complexity index is 978. The molecule has 2 aromatic heterocycles. The third-order valence-corrected chi connectivity index (χ3v) is 7.59. The van der Waals surface area contributed by atoms with Gasteiger partial charge in [-0.25, -0.2) is 13.4 Å². The molecule has 0 N–H and O–H groups in total. The lowest BCUT2D eigenvalue weighted by Crippen LogP contribution is -2.60. The summed E-state index contributed by atoms with van der Waals surface area (Å²) in [4.78, 5) is 6.46. The van der Waals surface area contributed by atoms with Crippen LogP contribution in [0.1, 0.15) is 49.7 Å². The summed E-state index contributed by atoms with van der Waals surface area (Å²) < 4.78 is 29.2. The molecule has 1 saturated heterocycles. The van der Waals surface area contributed by atoms with E-state index in [1.165, 1.54) is 22.7 Å². The molecule has 1 aliphatic heterocycles. The first-order valence-corrected chi connectivity index (χ1v) is 11.3. The highest BCUT2D eigenvalue weighted by Crippen LogP contribution is 2.28. The molecule has 1 fully saturated rings. The highest BCUT2D eigenvalue weighted by molar-refractivity contribution is 7.89. The topological polar surface area (TPSA) is 84.2 Å². The SMILES string of the molecule is CC(C)c1nc(S(=O)(=O)N(C)C2CN(c3cc4c(nn3)CCCC4)C2)cn1C. The molecule has 0 spiro atoms. The third-order valence-electron chi connectivity index (χ3n) is 5.81. The zero-order valence-electron chi connectivity index (χ0n) is 17.0. The molecule has 152 valence electrons. The quantitative estimate of drug-likeness (QED) is 0.754. The van der Waals surface area contributed by atoms with Crippen molar-refractivity contribution in [1.29, 1.82) is 0 Å². The molecule has 9 heteroatoms. The molecule has 0 amide bonds. The van der Waals surface area contributed by atoms with Gasteiger partial charge in [-0.2, -0.15) is 9.40 Å². The maximum absolute atomic E-state index is 13.0. The van der Waals surface area contributed by atoms with Crippen LogP contribution in [0.25, 0.3) is 0 Å². The van der Waals surface area contributed by atoms with Gasteiger partial charge in [0.15, 0.2) is 10.8 Å². The van der Waals surface area contributed by atoms with E-state index in [-0.39, 0.29) is 17.0 Å². The normalized spacial score (nSPS) is 17.9. The van der Waals surface area contributed by atoms with E-state index in [0.717, 1.165) is 30.2 Å². The van der Waals surface area contributed by atoms with Crippen molar-refractivity contribution in [2.75, 3.05) is 25.0 Å². The fraction of sp³-hybridized carbons (Fsp3) is 0.632. The number of imidazole rings is 1. The zero-order chi connectivity index (χ0) is 20.1. The lowest BCUT2D eigenvalue weighted by molar-refractivity contribution is 0.308. The Hall–Kier alpha value is -2.00. The smallest absolute Gasteiger partial charge is 0.262 e. The number of likely N-dealkylation sites (N-methyl/N-ethyl adjacent to an activating group) is 1. The van der Waals surface area contributed by atoms with Gasteiger partial charge in [-0.3, -0.25) is 0 Å². The zero-order valence-corrected chi connectivity index (χ0v) is 17.8. The van der Waals surface area contributed by atoms with Gasteiger partial charge in [-0.05, 0) is 37.3 Å².